The summed E-state index contributed by atoms with van der Waals surface area (Å²) in [6.07, 6.45) is 3.03. The highest BCUT2D eigenvalue weighted by Gasteiger charge is 2.15. The Morgan fingerprint density at radius 3 is 2.65 bits per heavy atom. The molecule has 1 N–H and O–H groups in total. The summed E-state index contributed by atoms with van der Waals surface area (Å²) in [7, 11) is 0. The van der Waals surface area contributed by atoms with Gasteiger partial charge in [-0.2, -0.15) is 0 Å². The van der Waals surface area contributed by atoms with Crippen LogP contribution in [0, 0.1) is 5.92 Å². The van der Waals surface area contributed by atoms with Gasteiger partial charge in [-0.05, 0) is 41.8 Å². The molecule has 0 radical (unpaired) electrons. The van der Waals surface area contributed by atoms with Gasteiger partial charge in [0, 0.05) is 23.3 Å². The third-order valence-electron chi connectivity index (χ3n) is 2.91. The molecule has 1 aromatic heterocycles. The van der Waals surface area contributed by atoms with Crippen LogP contribution in [-0.2, 0) is 0 Å². The lowest BCUT2D eigenvalue weighted by Gasteiger charge is -2.14. The SMILES string of the molecule is CCC(C)CNC(=O)c1cc(Br)cn1C(C)C. The number of carbonyl (C=O) groups excluding carboxylic acids is 1. The zero-order valence-electron chi connectivity index (χ0n) is 11.0. The van der Waals surface area contributed by atoms with E-state index in [1.54, 1.807) is 0 Å². The summed E-state index contributed by atoms with van der Waals surface area (Å²) in [5.74, 6) is 0.523. The molecule has 0 aliphatic heterocycles. The van der Waals surface area contributed by atoms with Gasteiger partial charge < -0.3 is 9.88 Å². The number of hydrogen-bond acceptors (Lipinski definition) is 1. The minimum atomic E-state index is 0.00435. The molecule has 4 heteroatoms. The number of nitrogens with zero attached hydrogens (tertiary/aromatic N) is 1. The molecule has 1 amide bonds. The molecule has 1 unspecified atom stereocenters. The normalized spacial score (nSPS) is 12.8. The minimum absolute atomic E-state index is 0.00435. The molecule has 1 atom stereocenters. The van der Waals surface area contributed by atoms with Crippen LogP contribution in [0.4, 0.5) is 0 Å². The first-order chi connectivity index (χ1) is 7.95. The maximum absolute atomic E-state index is 12.1. The van der Waals surface area contributed by atoms with Gasteiger partial charge in [-0.1, -0.05) is 20.3 Å². The van der Waals surface area contributed by atoms with Gasteiger partial charge in [0.15, 0.2) is 0 Å². The Morgan fingerprint density at radius 2 is 2.12 bits per heavy atom. The molecular weight excluding hydrogens is 280 g/mol. The van der Waals surface area contributed by atoms with E-state index >= 15 is 0 Å². The lowest BCUT2D eigenvalue weighted by atomic mass is 10.1. The average molecular weight is 301 g/mol. The maximum Gasteiger partial charge on any atom is 0.267 e. The number of hydrogen-bond donors (Lipinski definition) is 1. The van der Waals surface area contributed by atoms with Gasteiger partial charge in [-0.15, -0.1) is 0 Å². The number of amides is 1. The molecule has 0 spiro atoms. The largest absolute Gasteiger partial charge is 0.350 e. The van der Waals surface area contributed by atoms with Crippen LogP contribution in [0.15, 0.2) is 16.7 Å². The molecule has 0 aromatic carbocycles. The van der Waals surface area contributed by atoms with Crippen molar-refractivity contribution in [1.29, 1.82) is 0 Å². The standard InChI is InChI=1S/C13H21BrN2O/c1-5-10(4)7-15-13(17)12-6-11(14)8-16(12)9(2)3/h6,8-10H,5,7H2,1-4H3,(H,15,17). The number of rotatable bonds is 5. The molecule has 1 rings (SSSR count). The Labute approximate surface area is 112 Å². The third kappa shape index (κ3) is 3.87. The van der Waals surface area contributed by atoms with Crippen molar-refractivity contribution in [1.82, 2.24) is 9.88 Å². The lowest BCUT2D eigenvalue weighted by molar-refractivity contribution is 0.0937. The van der Waals surface area contributed by atoms with E-state index in [0.29, 0.717) is 5.92 Å². The summed E-state index contributed by atoms with van der Waals surface area (Å²) in [6, 6.07) is 2.15. The first-order valence-corrected chi connectivity index (χ1v) is 6.90. The van der Waals surface area contributed by atoms with Crippen LogP contribution in [0.1, 0.15) is 50.6 Å². The van der Waals surface area contributed by atoms with Crippen molar-refractivity contribution >= 4 is 21.8 Å². The second kappa shape index (κ2) is 6.24. The molecule has 1 heterocycles. The van der Waals surface area contributed by atoms with E-state index in [1.807, 2.05) is 16.8 Å². The van der Waals surface area contributed by atoms with Crippen LogP contribution in [0.3, 0.4) is 0 Å². The van der Waals surface area contributed by atoms with Gasteiger partial charge in [0.25, 0.3) is 5.91 Å². The Morgan fingerprint density at radius 1 is 1.47 bits per heavy atom. The summed E-state index contributed by atoms with van der Waals surface area (Å²) in [6.45, 7) is 9.13. The highest BCUT2D eigenvalue weighted by molar-refractivity contribution is 9.10. The number of halogens is 1. The fourth-order valence-electron chi connectivity index (χ4n) is 1.56. The Hall–Kier alpha value is -0.770. The molecule has 96 valence electrons. The molecule has 17 heavy (non-hydrogen) atoms. The van der Waals surface area contributed by atoms with Crippen LogP contribution in [0.25, 0.3) is 0 Å². The molecule has 1 aromatic rings. The zero-order chi connectivity index (χ0) is 13.0. The van der Waals surface area contributed by atoms with Crippen molar-refractivity contribution in [2.45, 2.75) is 40.2 Å². The van der Waals surface area contributed by atoms with Gasteiger partial charge in [-0.3, -0.25) is 4.79 Å². The van der Waals surface area contributed by atoms with E-state index in [2.05, 4.69) is 48.9 Å². The molecule has 3 nitrogen and oxygen atoms in total. The quantitative estimate of drug-likeness (QED) is 0.885. The highest BCUT2D eigenvalue weighted by atomic mass is 79.9. The summed E-state index contributed by atoms with van der Waals surface area (Å²) in [5.41, 5.74) is 0.718. The van der Waals surface area contributed by atoms with Crippen molar-refractivity contribution in [3.05, 3.63) is 22.4 Å². The summed E-state index contributed by atoms with van der Waals surface area (Å²) >= 11 is 3.41. The predicted molar refractivity (Wildman–Crippen MR) is 74.3 cm³/mol. The molecule has 0 aliphatic carbocycles. The van der Waals surface area contributed by atoms with Crippen LogP contribution in [0.5, 0.6) is 0 Å². The lowest BCUT2D eigenvalue weighted by Crippen LogP contribution is -2.30. The van der Waals surface area contributed by atoms with Crippen molar-refractivity contribution in [3.8, 4) is 0 Å². The van der Waals surface area contributed by atoms with E-state index in [1.165, 1.54) is 0 Å². The second-order valence-electron chi connectivity index (χ2n) is 4.77. The molecule has 0 bridgehead atoms. The van der Waals surface area contributed by atoms with E-state index < -0.39 is 0 Å². The topological polar surface area (TPSA) is 34.0 Å². The van der Waals surface area contributed by atoms with E-state index in [9.17, 15) is 4.79 Å². The smallest absolute Gasteiger partial charge is 0.267 e. The van der Waals surface area contributed by atoms with Crippen LogP contribution in [0.2, 0.25) is 0 Å². The van der Waals surface area contributed by atoms with Crippen molar-refractivity contribution in [2.75, 3.05) is 6.54 Å². The van der Waals surface area contributed by atoms with Crippen molar-refractivity contribution in [3.63, 3.8) is 0 Å². The van der Waals surface area contributed by atoms with Gasteiger partial charge in [0.1, 0.15) is 5.69 Å². The predicted octanol–water partition coefficient (Wildman–Crippen LogP) is 3.61. The van der Waals surface area contributed by atoms with Gasteiger partial charge in [-0.25, -0.2) is 0 Å². The Balaban J connectivity index is 2.74. The first-order valence-electron chi connectivity index (χ1n) is 6.11. The maximum atomic E-state index is 12.1. The highest BCUT2D eigenvalue weighted by Crippen LogP contribution is 2.19. The third-order valence-corrected chi connectivity index (χ3v) is 3.35. The fraction of sp³-hybridized carbons (Fsp3) is 0.615. The van der Waals surface area contributed by atoms with Crippen molar-refractivity contribution < 1.29 is 4.79 Å². The summed E-state index contributed by atoms with van der Waals surface area (Å²) in [4.78, 5) is 12.1. The minimum Gasteiger partial charge on any atom is -0.350 e. The average Bonchev–Trinajstić information content (AvgIpc) is 2.67. The monoisotopic (exact) mass is 300 g/mol. The van der Waals surface area contributed by atoms with Gasteiger partial charge in [0.05, 0.1) is 0 Å². The van der Waals surface area contributed by atoms with E-state index in [-0.39, 0.29) is 11.9 Å². The number of aromatic nitrogens is 1. The summed E-state index contributed by atoms with van der Waals surface area (Å²) < 4.78 is 2.93. The van der Waals surface area contributed by atoms with Crippen molar-refractivity contribution in [2.24, 2.45) is 5.92 Å². The number of carbonyl (C=O) groups is 1. The van der Waals surface area contributed by atoms with Crippen LogP contribution in [-0.4, -0.2) is 17.0 Å². The molecule has 0 fully saturated rings. The van der Waals surface area contributed by atoms with E-state index in [0.717, 1.165) is 23.1 Å². The zero-order valence-corrected chi connectivity index (χ0v) is 12.5. The molecular formula is C13H21BrN2O. The number of nitrogens with one attached hydrogen (secondary N) is 1. The Bertz CT molecular complexity index is 385. The van der Waals surface area contributed by atoms with Gasteiger partial charge >= 0.3 is 0 Å². The molecule has 0 saturated carbocycles. The fourth-order valence-corrected chi connectivity index (χ4v) is 1.99. The molecule has 0 saturated heterocycles. The molecule has 0 aliphatic rings. The van der Waals surface area contributed by atoms with Crippen LogP contribution < -0.4 is 5.32 Å². The summed E-state index contributed by atoms with van der Waals surface area (Å²) in [5, 5.41) is 2.98. The van der Waals surface area contributed by atoms with E-state index in [4.69, 9.17) is 0 Å². The first kappa shape index (κ1) is 14.3. The second-order valence-corrected chi connectivity index (χ2v) is 5.68. The van der Waals surface area contributed by atoms with Crippen LogP contribution >= 0.6 is 15.9 Å². The van der Waals surface area contributed by atoms with Gasteiger partial charge in [0.2, 0.25) is 0 Å². The Kier molecular flexibility index (Phi) is 5.25.